The van der Waals surface area contributed by atoms with Crippen LogP contribution in [-0.4, -0.2) is 29.0 Å². The zero-order valence-corrected chi connectivity index (χ0v) is 15.6. The largest absolute Gasteiger partial charge is 0.280 e. The molecule has 1 aliphatic carbocycles. The third kappa shape index (κ3) is 4.00. The van der Waals surface area contributed by atoms with E-state index in [1.54, 1.807) is 36.4 Å². The van der Waals surface area contributed by atoms with Crippen LogP contribution in [0.1, 0.15) is 43.6 Å². The minimum Gasteiger partial charge on any atom is -0.280 e. The van der Waals surface area contributed by atoms with Crippen LogP contribution < -0.4 is 4.72 Å². The summed E-state index contributed by atoms with van der Waals surface area (Å²) in [5.41, 5.74) is 2.36. The Balaban J connectivity index is 1.52. The predicted molar refractivity (Wildman–Crippen MR) is 103 cm³/mol. The minimum absolute atomic E-state index is 0.257. The van der Waals surface area contributed by atoms with Gasteiger partial charge >= 0.3 is 0 Å². The van der Waals surface area contributed by atoms with E-state index < -0.39 is 10.0 Å². The summed E-state index contributed by atoms with van der Waals surface area (Å²) >= 11 is 0. The third-order valence-corrected chi connectivity index (χ3v) is 6.38. The van der Waals surface area contributed by atoms with Crippen molar-refractivity contribution in [3.05, 3.63) is 54.1 Å². The lowest BCUT2D eigenvalue weighted by atomic mass is 9.84. The number of nitrogens with zero attached hydrogens (tertiary/aromatic N) is 3. The van der Waals surface area contributed by atoms with E-state index in [0.717, 1.165) is 0 Å². The second kappa shape index (κ2) is 7.48. The van der Waals surface area contributed by atoms with Gasteiger partial charge in [0.1, 0.15) is 0 Å². The molecule has 8 heteroatoms. The first-order valence-corrected chi connectivity index (χ1v) is 10.6. The Kier molecular flexibility index (Phi) is 4.89. The summed E-state index contributed by atoms with van der Waals surface area (Å²) in [6.45, 7) is 0. The lowest BCUT2D eigenvalue weighted by Crippen LogP contribution is -2.13. The van der Waals surface area contributed by atoms with Crippen LogP contribution in [0.3, 0.4) is 0 Å². The summed E-state index contributed by atoms with van der Waals surface area (Å²) < 4.78 is 28.1. The van der Waals surface area contributed by atoms with Crippen molar-refractivity contribution < 1.29 is 8.42 Å². The first-order chi connectivity index (χ1) is 13.1. The van der Waals surface area contributed by atoms with Gasteiger partial charge in [-0.05, 0) is 53.8 Å². The van der Waals surface area contributed by atoms with E-state index in [1.807, 2.05) is 12.1 Å². The fourth-order valence-electron chi connectivity index (χ4n) is 3.58. The first-order valence-electron chi connectivity index (χ1n) is 9.08. The number of anilines is 1. The highest BCUT2D eigenvalue weighted by atomic mass is 32.2. The topological polar surface area (TPSA) is 101 Å². The molecule has 1 aliphatic rings. The molecule has 2 N–H and O–H groups in total. The second-order valence-electron chi connectivity index (χ2n) is 6.83. The molecule has 27 heavy (non-hydrogen) atoms. The van der Waals surface area contributed by atoms with E-state index in [-0.39, 0.29) is 4.90 Å². The maximum absolute atomic E-state index is 12.7. The fourth-order valence-corrected chi connectivity index (χ4v) is 4.62. The zero-order valence-electron chi connectivity index (χ0n) is 14.8. The predicted octanol–water partition coefficient (Wildman–Crippen LogP) is 3.72. The number of aromatic nitrogens is 4. The molecule has 2 aromatic carbocycles. The fraction of sp³-hybridized carbons (Fsp3) is 0.316. The van der Waals surface area contributed by atoms with Crippen LogP contribution in [0, 0.1) is 0 Å². The van der Waals surface area contributed by atoms with Gasteiger partial charge in [-0.25, -0.2) is 8.42 Å². The lowest BCUT2D eigenvalue weighted by Gasteiger charge is -2.22. The highest BCUT2D eigenvalue weighted by molar-refractivity contribution is 7.92. The Labute approximate surface area is 158 Å². The van der Waals surface area contributed by atoms with Gasteiger partial charge in [-0.15, -0.1) is 10.2 Å². The molecular weight excluding hydrogens is 362 g/mol. The molecule has 1 saturated carbocycles. The molecule has 0 amide bonds. The quantitative estimate of drug-likeness (QED) is 0.699. The van der Waals surface area contributed by atoms with Gasteiger partial charge in [-0.1, -0.05) is 43.5 Å². The van der Waals surface area contributed by atoms with Gasteiger partial charge in [0.25, 0.3) is 10.0 Å². The molecular formula is C19H21N5O2S. The number of benzene rings is 2. The SMILES string of the molecule is O=S(=O)(Nc1cccc(-c2nn[nH]n2)c1)c1ccc(C2CCCCC2)cc1. The number of hydrogen-bond acceptors (Lipinski definition) is 5. The maximum Gasteiger partial charge on any atom is 0.261 e. The normalized spacial score (nSPS) is 15.6. The number of rotatable bonds is 5. The summed E-state index contributed by atoms with van der Waals surface area (Å²) in [6, 6.07) is 14.2. The molecule has 1 fully saturated rings. The van der Waals surface area contributed by atoms with E-state index in [1.165, 1.54) is 37.7 Å². The average molecular weight is 383 g/mol. The zero-order chi connectivity index (χ0) is 18.7. The van der Waals surface area contributed by atoms with Crippen molar-refractivity contribution in [2.75, 3.05) is 4.72 Å². The summed E-state index contributed by atoms with van der Waals surface area (Å²) in [5.74, 6) is 0.961. The maximum atomic E-state index is 12.7. The van der Waals surface area contributed by atoms with Gasteiger partial charge in [0.05, 0.1) is 4.90 Å². The molecule has 3 aromatic rings. The van der Waals surface area contributed by atoms with Gasteiger partial charge in [-0.3, -0.25) is 4.72 Å². The molecule has 1 aromatic heterocycles. The van der Waals surface area contributed by atoms with Crippen molar-refractivity contribution in [3.63, 3.8) is 0 Å². The van der Waals surface area contributed by atoms with Crippen LogP contribution in [0.5, 0.6) is 0 Å². The van der Waals surface area contributed by atoms with Crippen molar-refractivity contribution >= 4 is 15.7 Å². The van der Waals surface area contributed by atoms with Crippen LogP contribution in [0.25, 0.3) is 11.4 Å². The van der Waals surface area contributed by atoms with Crippen molar-refractivity contribution in [1.29, 1.82) is 0 Å². The first kappa shape index (κ1) is 17.7. The van der Waals surface area contributed by atoms with Gasteiger partial charge in [0.2, 0.25) is 5.82 Å². The molecule has 0 spiro atoms. The highest BCUT2D eigenvalue weighted by Crippen LogP contribution is 2.33. The third-order valence-electron chi connectivity index (χ3n) is 4.99. The van der Waals surface area contributed by atoms with Crippen LogP contribution in [0.4, 0.5) is 5.69 Å². The molecule has 0 unspecified atom stereocenters. The Bertz CT molecular complexity index is 995. The van der Waals surface area contributed by atoms with Crippen molar-refractivity contribution in [3.8, 4) is 11.4 Å². The molecule has 0 saturated heterocycles. The van der Waals surface area contributed by atoms with Crippen LogP contribution in [0.15, 0.2) is 53.4 Å². The molecule has 140 valence electrons. The molecule has 7 nitrogen and oxygen atoms in total. The molecule has 1 heterocycles. The van der Waals surface area contributed by atoms with Crippen LogP contribution >= 0.6 is 0 Å². The number of tetrazole rings is 1. The number of sulfonamides is 1. The van der Waals surface area contributed by atoms with Gasteiger partial charge in [-0.2, -0.15) is 5.21 Å². The molecule has 0 bridgehead atoms. The van der Waals surface area contributed by atoms with E-state index >= 15 is 0 Å². The van der Waals surface area contributed by atoms with E-state index in [4.69, 9.17) is 0 Å². The second-order valence-corrected chi connectivity index (χ2v) is 8.51. The summed E-state index contributed by atoms with van der Waals surface area (Å²) in [4.78, 5) is 0.257. The van der Waals surface area contributed by atoms with Crippen LogP contribution in [0.2, 0.25) is 0 Å². The number of nitrogens with one attached hydrogen (secondary N) is 2. The smallest absolute Gasteiger partial charge is 0.261 e. The summed E-state index contributed by atoms with van der Waals surface area (Å²) in [7, 11) is -3.66. The van der Waals surface area contributed by atoms with Gasteiger partial charge < -0.3 is 0 Å². The van der Waals surface area contributed by atoms with Gasteiger partial charge in [0.15, 0.2) is 0 Å². The number of H-pyrrole nitrogens is 1. The number of hydrogen-bond donors (Lipinski definition) is 2. The highest BCUT2D eigenvalue weighted by Gasteiger charge is 2.18. The van der Waals surface area contributed by atoms with Crippen molar-refractivity contribution in [2.24, 2.45) is 0 Å². The van der Waals surface area contributed by atoms with Crippen molar-refractivity contribution in [2.45, 2.75) is 42.9 Å². The molecule has 0 aliphatic heterocycles. The Hall–Kier alpha value is -2.74. The summed E-state index contributed by atoms with van der Waals surface area (Å²) in [5, 5.41) is 13.7. The Morgan fingerprint density at radius 2 is 1.78 bits per heavy atom. The van der Waals surface area contributed by atoms with Crippen molar-refractivity contribution in [1.82, 2.24) is 20.6 Å². The van der Waals surface area contributed by atoms with Crippen LogP contribution in [-0.2, 0) is 10.0 Å². The lowest BCUT2D eigenvalue weighted by molar-refractivity contribution is 0.443. The number of aromatic amines is 1. The molecule has 0 atom stereocenters. The minimum atomic E-state index is -3.66. The van der Waals surface area contributed by atoms with E-state index in [9.17, 15) is 8.42 Å². The molecule has 0 radical (unpaired) electrons. The Morgan fingerprint density at radius 1 is 1.00 bits per heavy atom. The summed E-state index contributed by atoms with van der Waals surface area (Å²) in [6.07, 6.45) is 6.18. The van der Waals surface area contributed by atoms with E-state index in [0.29, 0.717) is 23.0 Å². The van der Waals surface area contributed by atoms with Gasteiger partial charge in [0, 0.05) is 11.3 Å². The molecule has 4 rings (SSSR count). The standard InChI is InChI=1S/C19H21N5O2S/c25-27(26,18-11-9-15(10-12-18)14-5-2-1-3-6-14)22-17-8-4-7-16(13-17)19-20-23-24-21-19/h4,7-14,22H,1-3,5-6H2,(H,20,21,23,24). The average Bonchev–Trinajstić information content (AvgIpc) is 3.24. The Morgan fingerprint density at radius 3 is 2.48 bits per heavy atom. The van der Waals surface area contributed by atoms with E-state index in [2.05, 4.69) is 25.3 Å². The monoisotopic (exact) mass is 383 g/mol.